The molecule has 5 nitrogen and oxygen atoms in total. The second kappa shape index (κ2) is 8.88. The highest BCUT2D eigenvalue weighted by atomic mass is 16.5. The minimum absolute atomic E-state index is 0.138. The number of amides is 1. The van der Waals surface area contributed by atoms with Crippen molar-refractivity contribution >= 4 is 5.91 Å². The summed E-state index contributed by atoms with van der Waals surface area (Å²) in [6.07, 6.45) is 0.500. The van der Waals surface area contributed by atoms with Crippen LogP contribution in [0.25, 0.3) is 0 Å². The van der Waals surface area contributed by atoms with E-state index in [0.29, 0.717) is 19.6 Å². The van der Waals surface area contributed by atoms with Gasteiger partial charge in [0, 0.05) is 38.6 Å². The van der Waals surface area contributed by atoms with E-state index >= 15 is 0 Å². The molecular formula is C17H27N3O2. The van der Waals surface area contributed by atoms with Gasteiger partial charge in [-0.15, -0.1) is 0 Å². The molecule has 1 saturated heterocycles. The molecule has 22 heavy (non-hydrogen) atoms. The Morgan fingerprint density at radius 1 is 1.27 bits per heavy atom. The summed E-state index contributed by atoms with van der Waals surface area (Å²) in [7, 11) is 4.06. The zero-order chi connectivity index (χ0) is 15.8. The van der Waals surface area contributed by atoms with Gasteiger partial charge in [-0.3, -0.25) is 4.79 Å². The lowest BCUT2D eigenvalue weighted by Gasteiger charge is -2.28. The van der Waals surface area contributed by atoms with E-state index < -0.39 is 0 Å². The molecule has 122 valence electrons. The van der Waals surface area contributed by atoms with Crippen LogP contribution in [0.3, 0.4) is 0 Å². The van der Waals surface area contributed by atoms with Crippen molar-refractivity contribution in [1.29, 1.82) is 0 Å². The van der Waals surface area contributed by atoms with Gasteiger partial charge < -0.3 is 19.9 Å². The molecule has 1 aliphatic heterocycles. The topological polar surface area (TPSA) is 44.8 Å². The fourth-order valence-corrected chi connectivity index (χ4v) is 2.51. The Morgan fingerprint density at radius 3 is 2.68 bits per heavy atom. The molecule has 0 spiro atoms. The Bertz CT molecular complexity index is 444. The first-order valence-corrected chi connectivity index (χ1v) is 7.92. The third-order valence-electron chi connectivity index (χ3n) is 3.81. The van der Waals surface area contributed by atoms with Gasteiger partial charge in [0.1, 0.15) is 0 Å². The number of morpholine rings is 1. The predicted octanol–water partition coefficient (Wildman–Crippen LogP) is 0.955. The van der Waals surface area contributed by atoms with Crippen LogP contribution in [0, 0.1) is 0 Å². The van der Waals surface area contributed by atoms with Crippen molar-refractivity contribution in [2.24, 2.45) is 0 Å². The summed E-state index contributed by atoms with van der Waals surface area (Å²) in [6, 6.07) is 10.3. The molecule has 5 heteroatoms. The van der Waals surface area contributed by atoms with E-state index in [2.05, 4.69) is 22.3 Å². The highest BCUT2D eigenvalue weighted by Gasteiger charge is 2.21. The number of hydrogen-bond donors (Lipinski definition) is 1. The first kappa shape index (κ1) is 16.9. The van der Waals surface area contributed by atoms with E-state index in [0.717, 1.165) is 26.2 Å². The van der Waals surface area contributed by atoms with Crippen LogP contribution in [0.2, 0.25) is 0 Å². The second-order valence-electron chi connectivity index (χ2n) is 6.03. The number of nitrogens with zero attached hydrogens (tertiary/aromatic N) is 2. The molecule has 1 N–H and O–H groups in total. The van der Waals surface area contributed by atoms with E-state index in [-0.39, 0.29) is 11.9 Å². The number of hydrogen-bond acceptors (Lipinski definition) is 4. The average molecular weight is 305 g/mol. The fourth-order valence-electron chi connectivity index (χ4n) is 2.51. The van der Waals surface area contributed by atoms with Gasteiger partial charge in [0.15, 0.2) is 0 Å². The van der Waals surface area contributed by atoms with E-state index in [4.69, 9.17) is 4.74 Å². The van der Waals surface area contributed by atoms with Crippen LogP contribution < -0.4 is 5.32 Å². The molecule has 1 heterocycles. The molecule has 2 rings (SSSR count). The molecule has 1 atom stereocenters. The Balaban J connectivity index is 1.94. The monoisotopic (exact) mass is 305 g/mol. The molecule has 0 bridgehead atoms. The Hall–Kier alpha value is -1.43. The lowest BCUT2D eigenvalue weighted by molar-refractivity contribution is -0.133. The summed E-state index contributed by atoms with van der Waals surface area (Å²) in [5.41, 5.74) is 1.17. The molecule has 1 aromatic carbocycles. The lowest BCUT2D eigenvalue weighted by Crippen LogP contribution is -2.45. The SMILES string of the molecule is CN(C)CCN(Cc1ccccc1)C(=O)CC1COCCN1. The summed E-state index contributed by atoms with van der Waals surface area (Å²) < 4.78 is 5.44. The van der Waals surface area contributed by atoms with Gasteiger partial charge in [-0.25, -0.2) is 0 Å². The van der Waals surface area contributed by atoms with Crippen molar-refractivity contribution in [2.75, 3.05) is 46.9 Å². The number of carbonyl (C=O) groups is 1. The molecule has 0 saturated carbocycles. The third-order valence-corrected chi connectivity index (χ3v) is 3.81. The van der Waals surface area contributed by atoms with Crippen molar-refractivity contribution in [3.8, 4) is 0 Å². The number of rotatable bonds is 7. The molecule has 0 aromatic heterocycles. The smallest absolute Gasteiger partial charge is 0.224 e. The largest absolute Gasteiger partial charge is 0.378 e. The van der Waals surface area contributed by atoms with E-state index in [1.165, 1.54) is 5.56 Å². The van der Waals surface area contributed by atoms with Crippen LogP contribution in [-0.2, 0) is 16.1 Å². The second-order valence-corrected chi connectivity index (χ2v) is 6.03. The maximum Gasteiger partial charge on any atom is 0.224 e. The minimum atomic E-state index is 0.138. The number of nitrogens with one attached hydrogen (secondary N) is 1. The summed E-state index contributed by atoms with van der Waals surface area (Å²) in [4.78, 5) is 16.7. The summed E-state index contributed by atoms with van der Waals surface area (Å²) in [5, 5.41) is 3.35. The Morgan fingerprint density at radius 2 is 2.05 bits per heavy atom. The van der Waals surface area contributed by atoms with Gasteiger partial charge in [0.05, 0.1) is 13.2 Å². The standard InChI is InChI=1S/C17H27N3O2/c1-19(2)9-10-20(13-15-6-4-3-5-7-15)17(21)12-16-14-22-11-8-18-16/h3-7,16,18H,8-14H2,1-2H3. The van der Waals surface area contributed by atoms with Gasteiger partial charge in [-0.2, -0.15) is 0 Å². The third kappa shape index (κ3) is 5.75. The molecule has 1 amide bonds. The highest BCUT2D eigenvalue weighted by molar-refractivity contribution is 5.76. The van der Waals surface area contributed by atoms with Crippen LogP contribution in [0.4, 0.5) is 0 Å². The van der Waals surface area contributed by atoms with E-state index in [9.17, 15) is 4.79 Å². The van der Waals surface area contributed by atoms with Crippen LogP contribution in [0.15, 0.2) is 30.3 Å². The van der Waals surface area contributed by atoms with Crippen molar-refractivity contribution < 1.29 is 9.53 Å². The average Bonchev–Trinajstić information content (AvgIpc) is 2.53. The molecular weight excluding hydrogens is 278 g/mol. The van der Waals surface area contributed by atoms with Gasteiger partial charge in [-0.1, -0.05) is 30.3 Å². The zero-order valence-electron chi connectivity index (χ0n) is 13.6. The Kier molecular flexibility index (Phi) is 6.83. The zero-order valence-corrected chi connectivity index (χ0v) is 13.6. The van der Waals surface area contributed by atoms with Crippen molar-refractivity contribution in [2.45, 2.75) is 19.0 Å². The molecule has 0 aliphatic carbocycles. The minimum Gasteiger partial charge on any atom is -0.378 e. The summed E-state index contributed by atoms with van der Waals surface area (Å²) in [5.74, 6) is 0.189. The predicted molar refractivity (Wildman–Crippen MR) is 87.6 cm³/mol. The van der Waals surface area contributed by atoms with Crippen molar-refractivity contribution in [3.05, 3.63) is 35.9 Å². The normalized spacial score (nSPS) is 18.4. The van der Waals surface area contributed by atoms with Crippen LogP contribution in [0.5, 0.6) is 0 Å². The van der Waals surface area contributed by atoms with E-state index in [1.807, 2.05) is 37.2 Å². The number of ether oxygens (including phenoxy) is 1. The maximum absolute atomic E-state index is 12.6. The lowest BCUT2D eigenvalue weighted by atomic mass is 10.1. The first-order chi connectivity index (χ1) is 10.6. The molecule has 1 fully saturated rings. The number of likely N-dealkylation sites (N-methyl/N-ethyl adjacent to an activating group) is 1. The highest BCUT2D eigenvalue weighted by Crippen LogP contribution is 2.09. The first-order valence-electron chi connectivity index (χ1n) is 7.92. The van der Waals surface area contributed by atoms with Crippen molar-refractivity contribution in [1.82, 2.24) is 15.1 Å². The quantitative estimate of drug-likeness (QED) is 0.815. The van der Waals surface area contributed by atoms with Gasteiger partial charge >= 0.3 is 0 Å². The van der Waals surface area contributed by atoms with E-state index in [1.54, 1.807) is 0 Å². The number of benzene rings is 1. The van der Waals surface area contributed by atoms with Crippen LogP contribution >= 0.6 is 0 Å². The van der Waals surface area contributed by atoms with Gasteiger partial charge in [0.25, 0.3) is 0 Å². The fraction of sp³-hybridized carbons (Fsp3) is 0.588. The summed E-state index contributed by atoms with van der Waals surface area (Å²) in [6.45, 7) is 4.47. The number of carbonyl (C=O) groups excluding carboxylic acids is 1. The molecule has 0 radical (unpaired) electrons. The Labute approximate surface area is 133 Å². The van der Waals surface area contributed by atoms with Crippen LogP contribution in [0.1, 0.15) is 12.0 Å². The summed E-state index contributed by atoms with van der Waals surface area (Å²) >= 11 is 0. The van der Waals surface area contributed by atoms with Gasteiger partial charge in [-0.05, 0) is 19.7 Å². The molecule has 1 unspecified atom stereocenters. The van der Waals surface area contributed by atoms with Gasteiger partial charge in [0.2, 0.25) is 5.91 Å². The molecule has 1 aliphatic rings. The maximum atomic E-state index is 12.6. The van der Waals surface area contributed by atoms with Crippen LogP contribution in [-0.4, -0.2) is 68.7 Å². The van der Waals surface area contributed by atoms with Crippen molar-refractivity contribution in [3.63, 3.8) is 0 Å². The molecule has 1 aromatic rings.